The monoisotopic (exact) mass is 898 g/mol. The normalized spacial score (nSPS) is 15.5. The van der Waals surface area contributed by atoms with Gasteiger partial charge in [0.25, 0.3) is 0 Å². The second-order valence-electron chi connectivity index (χ2n) is 19.4. The van der Waals surface area contributed by atoms with E-state index in [1.807, 2.05) is 18.2 Å². The van der Waals surface area contributed by atoms with Crippen molar-refractivity contribution >= 4 is 22.6 Å². The van der Waals surface area contributed by atoms with Gasteiger partial charge in [-0.05, 0) is 123 Å². The van der Waals surface area contributed by atoms with Gasteiger partial charge >= 0.3 is 0 Å². The summed E-state index contributed by atoms with van der Waals surface area (Å²) in [5, 5.41) is 1.33. The van der Waals surface area contributed by atoms with Gasteiger partial charge in [0.1, 0.15) is 0 Å². The quantitative estimate of drug-likeness (QED) is 0.153. The molecule has 4 nitrogen and oxygen atoms in total. The van der Waals surface area contributed by atoms with E-state index in [1.165, 1.54) is 38.9 Å². The molecule has 70 heavy (non-hydrogen) atoms. The van der Waals surface area contributed by atoms with E-state index in [4.69, 9.17) is 15.0 Å². The average molecular weight is 899 g/mol. The van der Waals surface area contributed by atoms with Crippen molar-refractivity contribution in [2.45, 2.75) is 44.4 Å². The minimum atomic E-state index is -0.0469. The van der Waals surface area contributed by atoms with Crippen LogP contribution < -0.4 is 0 Å². The summed E-state index contributed by atoms with van der Waals surface area (Å²) in [6.45, 7) is 4.81. The smallest absolute Gasteiger partial charge is 0.164 e. The maximum absolute atomic E-state index is 5.16. The highest BCUT2D eigenvalue weighted by Crippen LogP contribution is 2.55. The molecule has 0 bridgehead atoms. The molecule has 3 aliphatic carbocycles. The van der Waals surface area contributed by atoms with Gasteiger partial charge in [-0.3, -0.25) is 0 Å². The first-order valence-corrected chi connectivity index (χ1v) is 24.6. The Morgan fingerprint density at radius 1 is 0.500 bits per heavy atom. The first kappa shape index (κ1) is 41.7. The summed E-state index contributed by atoms with van der Waals surface area (Å²) < 4.78 is 2.52. The van der Waals surface area contributed by atoms with Crippen molar-refractivity contribution in [1.29, 1.82) is 0 Å². The minimum absolute atomic E-state index is 0.0469. The zero-order chi connectivity index (χ0) is 46.8. The third-order valence-electron chi connectivity index (χ3n) is 14.9. The summed E-state index contributed by atoms with van der Waals surface area (Å²) in [4.78, 5) is 15.3. The molecular weight excluding hydrogens is 849 g/mol. The molecule has 1 atom stereocenters. The van der Waals surface area contributed by atoms with Gasteiger partial charge in [-0.2, -0.15) is 0 Å². The summed E-state index contributed by atoms with van der Waals surface area (Å²) in [5.74, 6) is 2.38. The Kier molecular flexibility index (Phi) is 10.1. The van der Waals surface area contributed by atoms with Crippen molar-refractivity contribution in [3.05, 3.63) is 252 Å². The zero-order valence-corrected chi connectivity index (χ0v) is 39.3. The van der Waals surface area contributed by atoms with Crippen molar-refractivity contribution in [3.63, 3.8) is 0 Å². The van der Waals surface area contributed by atoms with Crippen LogP contribution in [0.1, 0.15) is 60.8 Å². The molecule has 2 heterocycles. The van der Waals surface area contributed by atoms with Crippen LogP contribution in [0, 0.1) is 0 Å². The molecule has 2 aromatic heterocycles. The second-order valence-corrected chi connectivity index (χ2v) is 19.4. The molecule has 0 saturated heterocycles. The van der Waals surface area contributed by atoms with Crippen LogP contribution in [-0.2, 0) is 11.8 Å². The van der Waals surface area contributed by atoms with Gasteiger partial charge in [0.2, 0.25) is 0 Å². The summed E-state index contributed by atoms with van der Waals surface area (Å²) in [7, 11) is 0. The molecule has 4 heteroatoms. The van der Waals surface area contributed by atoms with Crippen LogP contribution in [0.25, 0.3) is 95.5 Å². The number of benzene rings is 8. The van der Waals surface area contributed by atoms with E-state index in [0.29, 0.717) is 23.4 Å². The fourth-order valence-corrected chi connectivity index (χ4v) is 11.5. The molecule has 0 N–H and O–H groups in total. The molecule has 13 rings (SSSR count). The molecule has 1 unspecified atom stereocenters. The van der Waals surface area contributed by atoms with Gasteiger partial charge in [-0.1, -0.05) is 201 Å². The lowest BCUT2D eigenvalue weighted by Crippen LogP contribution is -2.19. The number of para-hydroxylation sites is 1. The summed E-state index contributed by atoms with van der Waals surface area (Å²) in [5.41, 5.74) is 21.6. The highest BCUT2D eigenvalue weighted by Gasteiger charge is 2.44. The van der Waals surface area contributed by atoms with Crippen molar-refractivity contribution in [2.24, 2.45) is 0 Å². The van der Waals surface area contributed by atoms with Gasteiger partial charge in [0, 0.05) is 39.1 Å². The molecule has 0 spiro atoms. The summed E-state index contributed by atoms with van der Waals surface area (Å²) >= 11 is 0. The van der Waals surface area contributed by atoms with Crippen LogP contribution in [0.15, 0.2) is 224 Å². The molecule has 0 amide bonds. The number of fused-ring (bicyclic) bond motifs is 6. The standard InChI is InChI=1S/C66H50N4/c1-66(2)58-35-17-15-33-52(58)56-41-57-53-34-16-18-36-60(53)70(61(57)42-59(56)66)51-32-20-29-47(38-51)50-39-54(43-21-7-3-8-22-43)62(55(40-50)44-23-9-4-10-24-44)48-30-19-31-49(37-48)65-68-63(45-25-11-5-12-26-45)67-64(69-65)46-27-13-6-14-28-46/h3-5,7-13,15-40,42,56H,6,14,41H2,1-2H3. The van der Waals surface area contributed by atoms with Crippen LogP contribution in [0.5, 0.6) is 0 Å². The highest BCUT2D eigenvalue weighted by molar-refractivity contribution is 5.99. The lowest BCUT2D eigenvalue weighted by molar-refractivity contribution is 0.613. The predicted octanol–water partition coefficient (Wildman–Crippen LogP) is 16.6. The van der Waals surface area contributed by atoms with Crippen LogP contribution in [-0.4, -0.2) is 19.5 Å². The fourth-order valence-electron chi connectivity index (χ4n) is 11.5. The van der Waals surface area contributed by atoms with E-state index in [0.717, 1.165) is 86.2 Å². The van der Waals surface area contributed by atoms with Crippen molar-refractivity contribution in [2.75, 3.05) is 0 Å². The molecule has 0 aliphatic heterocycles. The van der Waals surface area contributed by atoms with E-state index < -0.39 is 0 Å². The van der Waals surface area contributed by atoms with Gasteiger partial charge in [-0.25, -0.2) is 15.0 Å². The second kappa shape index (κ2) is 16.9. The largest absolute Gasteiger partial charge is 0.310 e. The Labute approximate surface area is 409 Å². The number of allylic oxidation sites excluding steroid dienone is 5. The lowest BCUT2D eigenvalue weighted by atomic mass is 9.76. The van der Waals surface area contributed by atoms with E-state index >= 15 is 0 Å². The first-order chi connectivity index (χ1) is 34.5. The molecule has 0 radical (unpaired) electrons. The Balaban J connectivity index is 0.985. The first-order valence-electron chi connectivity index (χ1n) is 24.6. The molecule has 0 fully saturated rings. The Bertz CT molecular complexity index is 3700. The van der Waals surface area contributed by atoms with Crippen molar-refractivity contribution in [3.8, 4) is 73.0 Å². The highest BCUT2D eigenvalue weighted by atomic mass is 15.0. The molecule has 334 valence electrons. The van der Waals surface area contributed by atoms with E-state index in [9.17, 15) is 0 Å². The maximum atomic E-state index is 5.16. The molecule has 0 saturated carbocycles. The van der Waals surface area contributed by atoms with Gasteiger partial charge in [-0.15, -0.1) is 0 Å². The predicted molar refractivity (Wildman–Crippen MR) is 290 cm³/mol. The molecular formula is C66H50N4. The number of hydrogen-bond donors (Lipinski definition) is 0. The Morgan fingerprint density at radius 2 is 1.10 bits per heavy atom. The van der Waals surface area contributed by atoms with Crippen LogP contribution in [0.3, 0.4) is 0 Å². The SMILES string of the molecule is CC1(C)C2=Cc3c(c4ccccc4n3-c3cccc(-c4cc(-c5ccccc5)c(-c5cccc(-c6nc(C7=CCCC=C7)nc(-c7ccccc7)n6)c5)c(-c5ccccc5)c4)c3)CC2c2ccccc21. The molecule has 8 aromatic carbocycles. The number of nitrogens with zero attached hydrogens (tertiary/aromatic N) is 4. The van der Waals surface area contributed by atoms with Crippen molar-refractivity contribution in [1.82, 2.24) is 19.5 Å². The van der Waals surface area contributed by atoms with Gasteiger partial charge in [0.15, 0.2) is 17.5 Å². The van der Waals surface area contributed by atoms with Crippen molar-refractivity contribution < 1.29 is 0 Å². The van der Waals surface area contributed by atoms with Crippen LogP contribution in [0.4, 0.5) is 0 Å². The van der Waals surface area contributed by atoms with E-state index in [2.05, 4.69) is 225 Å². The average Bonchev–Trinajstić information content (AvgIpc) is 3.88. The Hall–Kier alpha value is -8.47. The molecule has 3 aliphatic rings. The van der Waals surface area contributed by atoms with Gasteiger partial charge < -0.3 is 4.57 Å². The Morgan fingerprint density at radius 3 is 1.83 bits per heavy atom. The number of aromatic nitrogens is 4. The zero-order valence-electron chi connectivity index (χ0n) is 39.3. The number of hydrogen-bond acceptors (Lipinski definition) is 3. The van der Waals surface area contributed by atoms with Crippen LogP contribution in [0.2, 0.25) is 0 Å². The van der Waals surface area contributed by atoms with Crippen LogP contribution >= 0.6 is 0 Å². The van der Waals surface area contributed by atoms with E-state index in [-0.39, 0.29) is 5.41 Å². The summed E-state index contributed by atoms with van der Waals surface area (Å²) in [6, 6.07) is 72.7. The minimum Gasteiger partial charge on any atom is -0.310 e. The van der Waals surface area contributed by atoms with E-state index in [1.54, 1.807) is 0 Å². The lowest BCUT2D eigenvalue weighted by Gasteiger charge is -2.28. The third-order valence-corrected chi connectivity index (χ3v) is 14.9. The fraction of sp³-hybridized carbons (Fsp3) is 0.106. The maximum Gasteiger partial charge on any atom is 0.164 e. The third kappa shape index (κ3) is 7.10. The summed E-state index contributed by atoms with van der Waals surface area (Å²) in [6.07, 6.45) is 12.1. The van der Waals surface area contributed by atoms with Gasteiger partial charge in [0.05, 0.1) is 11.2 Å². The topological polar surface area (TPSA) is 43.6 Å². The molecule has 10 aromatic rings. The number of rotatable bonds is 8.